The summed E-state index contributed by atoms with van der Waals surface area (Å²) in [5, 5.41) is 7.83. The number of nitrogens with zero attached hydrogens (tertiary/aromatic N) is 3. The lowest BCUT2D eigenvalue weighted by Gasteiger charge is -2.31. The molecule has 0 aliphatic carbocycles. The third-order valence-corrected chi connectivity index (χ3v) is 5.60. The molecule has 2 aromatic heterocycles. The molecule has 150 valence electrons. The molecule has 1 N–H and O–H groups in total. The van der Waals surface area contributed by atoms with Crippen molar-refractivity contribution in [3.63, 3.8) is 0 Å². The summed E-state index contributed by atoms with van der Waals surface area (Å²) in [6.45, 7) is 3.13. The monoisotopic (exact) mass is 410 g/mol. The lowest BCUT2D eigenvalue weighted by atomic mass is 9.94. The van der Waals surface area contributed by atoms with Gasteiger partial charge in [-0.05, 0) is 48.7 Å². The molecular formula is C22H23ClN4O2. The van der Waals surface area contributed by atoms with Crippen molar-refractivity contribution < 1.29 is 9.32 Å². The van der Waals surface area contributed by atoms with Crippen LogP contribution in [0.2, 0.25) is 5.02 Å². The van der Waals surface area contributed by atoms with Gasteiger partial charge in [0.2, 0.25) is 5.76 Å². The summed E-state index contributed by atoms with van der Waals surface area (Å²) in [6.07, 6.45) is 5.51. The molecule has 0 bridgehead atoms. The number of hydrogen-bond acceptors (Lipinski definition) is 5. The molecule has 4 rings (SSSR count). The quantitative estimate of drug-likeness (QED) is 0.664. The summed E-state index contributed by atoms with van der Waals surface area (Å²) < 4.78 is 5.33. The molecule has 7 heteroatoms. The number of aromatic nitrogens is 2. The lowest BCUT2D eigenvalue weighted by Crippen LogP contribution is -2.34. The van der Waals surface area contributed by atoms with E-state index in [1.807, 2.05) is 30.3 Å². The highest BCUT2D eigenvalue weighted by Crippen LogP contribution is 2.28. The number of amides is 1. The zero-order valence-electron chi connectivity index (χ0n) is 16.1. The number of benzene rings is 1. The van der Waals surface area contributed by atoms with Gasteiger partial charge >= 0.3 is 0 Å². The standard InChI is InChI=1S/C22H23ClN4O2/c23-19-6-2-1-4-17(19)14-27-11-3-5-18(15-27)20-12-21(29-26-20)22(28)25-13-16-7-9-24-10-8-16/h1-2,4,6-10,12,18H,3,5,11,13-15H2,(H,25,28). The van der Waals surface area contributed by atoms with E-state index in [9.17, 15) is 4.79 Å². The molecule has 1 aromatic carbocycles. The highest BCUT2D eigenvalue weighted by molar-refractivity contribution is 6.31. The van der Waals surface area contributed by atoms with Crippen LogP contribution >= 0.6 is 11.6 Å². The van der Waals surface area contributed by atoms with E-state index in [-0.39, 0.29) is 17.6 Å². The van der Waals surface area contributed by atoms with Crippen LogP contribution in [0.1, 0.15) is 46.1 Å². The second-order valence-corrected chi connectivity index (χ2v) is 7.73. The van der Waals surface area contributed by atoms with Crippen molar-refractivity contribution in [2.45, 2.75) is 31.8 Å². The molecule has 1 atom stereocenters. The fourth-order valence-electron chi connectivity index (χ4n) is 3.67. The molecule has 1 amide bonds. The fraction of sp³-hybridized carbons (Fsp3) is 0.318. The third kappa shape index (κ3) is 5.02. The summed E-state index contributed by atoms with van der Waals surface area (Å²) in [4.78, 5) is 18.7. The molecular weight excluding hydrogens is 388 g/mol. The normalized spacial score (nSPS) is 17.2. The molecule has 1 fully saturated rings. The summed E-state index contributed by atoms with van der Waals surface area (Å²) in [7, 11) is 0. The predicted octanol–water partition coefficient (Wildman–Crippen LogP) is 4.03. The van der Waals surface area contributed by atoms with Crippen LogP contribution < -0.4 is 5.32 Å². The topological polar surface area (TPSA) is 71.3 Å². The minimum absolute atomic E-state index is 0.247. The molecule has 1 saturated heterocycles. The van der Waals surface area contributed by atoms with Gasteiger partial charge in [-0.2, -0.15) is 0 Å². The fourth-order valence-corrected chi connectivity index (χ4v) is 3.86. The average molecular weight is 411 g/mol. The van der Waals surface area contributed by atoms with Gasteiger partial charge in [0, 0.05) is 49.0 Å². The van der Waals surface area contributed by atoms with Crippen LogP contribution in [0, 0.1) is 0 Å². The number of hydrogen-bond donors (Lipinski definition) is 1. The number of carbonyl (C=O) groups excluding carboxylic acids is 1. The second kappa shape index (κ2) is 9.20. The number of halogens is 1. The molecule has 6 nitrogen and oxygen atoms in total. The van der Waals surface area contributed by atoms with Gasteiger partial charge in [0.15, 0.2) is 0 Å². The maximum atomic E-state index is 12.4. The molecule has 3 heterocycles. The highest BCUT2D eigenvalue weighted by Gasteiger charge is 2.25. The first-order valence-corrected chi connectivity index (χ1v) is 10.2. The summed E-state index contributed by atoms with van der Waals surface area (Å²) in [5.41, 5.74) is 2.95. The highest BCUT2D eigenvalue weighted by atomic mass is 35.5. The van der Waals surface area contributed by atoms with Gasteiger partial charge < -0.3 is 9.84 Å². The Kier molecular flexibility index (Phi) is 6.22. The van der Waals surface area contributed by atoms with Crippen molar-refractivity contribution in [3.05, 3.63) is 82.5 Å². The van der Waals surface area contributed by atoms with Gasteiger partial charge in [-0.25, -0.2) is 0 Å². The SMILES string of the molecule is O=C(NCc1ccncc1)c1cc(C2CCCN(Cc3ccccc3Cl)C2)no1. The number of likely N-dealkylation sites (tertiary alicyclic amines) is 1. The first-order chi connectivity index (χ1) is 14.2. The molecule has 1 aliphatic heterocycles. The lowest BCUT2D eigenvalue weighted by molar-refractivity contribution is 0.0913. The Morgan fingerprint density at radius 2 is 2.07 bits per heavy atom. The van der Waals surface area contributed by atoms with E-state index < -0.39 is 0 Å². The maximum Gasteiger partial charge on any atom is 0.290 e. The second-order valence-electron chi connectivity index (χ2n) is 7.32. The van der Waals surface area contributed by atoms with Crippen LogP contribution in [0.15, 0.2) is 59.4 Å². The number of carbonyl (C=O) groups is 1. The van der Waals surface area contributed by atoms with Crippen molar-refractivity contribution in [1.82, 2.24) is 20.4 Å². The van der Waals surface area contributed by atoms with E-state index in [4.69, 9.17) is 16.1 Å². The van der Waals surface area contributed by atoms with Crippen molar-refractivity contribution in [2.75, 3.05) is 13.1 Å². The van der Waals surface area contributed by atoms with E-state index in [0.29, 0.717) is 6.54 Å². The molecule has 1 aliphatic rings. The molecule has 3 aromatic rings. The van der Waals surface area contributed by atoms with E-state index in [2.05, 4.69) is 26.4 Å². The Bertz CT molecular complexity index is 960. The van der Waals surface area contributed by atoms with Crippen molar-refractivity contribution in [1.29, 1.82) is 0 Å². The molecule has 0 spiro atoms. The number of rotatable bonds is 6. The number of nitrogens with one attached hydrogen (secondary N) is 1. The average Bonchev–Trinajstić information content (AvgIpc) is 3.25. The molecule has 0 radical (unpaired) electrons. The van der Waals surface area contributed by atoms with E-state index in [1.165, 1.54) is 0 Å². The Hall–Kier alpha value is -2.70. The van der Waals surface area contributed by atoms with Crippen molar-refractivity contribution in [3.8, 4) is 0 Å². The van der Waals surface area contributed by atoms with Crippen LogP contribution in [0.4, 0.5) is 0 Å². The Morgan fingerprint density at radius 1 is 1.24 bits per heavy atom. The minimum Gasteiger partial charge on any atom is -0.351 e. The van der Waals surface area contributed by atoms with Crippen LogP contribution in [0.5, 0.6) is 0 Å². The van der Waals surface area contributed by atoms with Gasteiger partial charge in [0.1, 0.15) is 0 Å². The van der Waals surface area contributed by atoms with Crippen molar-refractivity contribution >= 4 is 17.5 Å². The van der Waals surface area contributed by atoms with Gasteiger partial charge in [-0.1, -0.05) is 35.0 Å². The van der Waals surface area contributed by atoms with Crippen LogP contribution in [-0.2, 0) is 13.1 Å². The van der Waals surface area contributed by atoms with Gasteiger partial charge in [0.25, 0.3) is 5.91 Å². The van der Waals surface area contributed by atoms with E-state index in [0.717, 1.165) is 54.3 Å². The Labute approximate surface area is 174 Å². The molecule has 0 saturated carbocycles. The van der Waals surface area contributed by atoms with Crippen LogP contribution in [0.3, 0.4) is 0 Å². The van der Waals surface area contributed by atoms with Gasteiger partial charge in [-0.15, -0.1) is 0 Å². The summed E-state index contributed by atoms with van der Waals surface area (Å²) >= 11 is 6.31. The molecule has 1 unspecified atom stereocenters. The van der Waals surface area contributed by atoms with Crippen molar-refractivity contribution in [2.24, 2.45) is 0 Å². The van der Waals surface area contributed by atoms with Gasteiger partial charge in [0.05, 0.1) is 5.69 Å². The largest absolute Gasteiger partial charge is 0.351 e. The Balaban J connectivity index is 1.35. The van der Waals surface area contributed by atoms with E-state index >= 15 is 0 Å². The first kappa shape index (κ1) is 19.6. The van der Waals surface area contributed by atoms with Gasteiger partial charge in [-0.3, -0.25) is 14.7 Å². The number of piperidine rings is 1. The predicted molar refractivity (Wildman–Crippen MR) is 111 cm³/mol. The van der Waals surface area contributed by atoms with Crippen LogP contribution in [0.25, 0.3) is 0 Å². The smallest absolute Gasteiger partial charge is 0.290 e. The number of pyridine rings is 1. The van der Waals surface area contributed by atoms with Crippen LogP contribution in [-0.4, -0.2) is 34.0 Å². The maximum absolute atomic E-state index is 12.4. The third-order valence-electron chi connectivity index (χ3n) is 5.23. The zero-order chi connectivity index (χ0) is 20.1. The Morgan fingerprint density at radius 3 is 2.90 bits per heavy atom. The first-order valence-electron chi connectivity index (χ1n) is 9.78. The minimum atomic E-state index is -0.260. The summed E-state index contributed by atoms with van der Waals surface area (Å²) in [6, 6.07) is 13.4. The zero-order valence-corrected chi connectivity index (χ0v) is 16.8. The van der Waals surface area contributed by atoms with E-state index in [1.54, 1.807) is 18.5 Å². The summed E-state index contributed by atoms with van der Waals surface area (Å²) in [5.74, 6) is 0.235. The molecule has 29 heavy (non-hydrogen) atoms.